The maximum Gasteiger partial charge on any atom is 0.215 e. The number of hydrogen-bond donors (Lipinski definition) is 0. The van der Waals surface area contributed by atoms with Gasteiger partial charge in [0.15, 0.2) is 5.65 Å². The van der Waals surface area contributed by atoms with Crippen LogP contribution in [0.1, 0.15) is 23.8 Å². The molecule has 0 fully saturated rings. The monoisotopic (exact) mass is 292 g/mol. The van der Waals surface area contributed by atoms with Gasteiger partial charge in [0.2, 0.25) is 5.88 Å². The highest BCUT2D eigenvalue weighted by atomic mass is 35.5. The van der Waals surface area contributed by atoms with Crippen molar-refractivity contribution in [3.63, 3.8) is 0 Å². The Hall–Kier alpha value is -2.08. The fourth-order valence-corrected chi connectivity index (χ4v) is 2.22. The third-order valence-corrected chi connectivity index (χ3v) is 3.17. The molecule has 1 unspecified atom stereocenters. The summed E-state index contributed by atoms with van der Waals surface area (Å²) in [5.74, 6) is 1.28. The van der Waals surface area contributed by atoms with E-state index in [2.05, 4.69) is 15.1 Å². The molecule has 0 aliphatic carbocycles. The summed E-state index contributed by atoms with van der Waals surface area (Å²) in [5.41, 5.74) is 2.28. The predicted molar refractivity (Wildman–Crippen MR) is 74.0 cm³/mol. The number of rotatable bonds is 4. The average Bonchev–Trinajstić information content (AvgIpc) is 3.07. The molecule has 0 N–H and O–H groups in total. The van der Waals surface area contributed by atoms with Crippen LogP contribution in [0.3, 0.4) is 0 Å². The normalized spacial score (nSPS) is 12.8. The Bertz CT molecular complexity index is 721. The van der Waals surface area contributed by atoms with Crippen LogP contribution >= 0.6 is 11.6 Å². The number of imidazole rings is 1. The van der Waals surface area contributed by atoms with Gasteiger partial charge in [-0.25, -0.2) is 4.98 Å². The van der Waals surface area contributed by atoms with Crippen LogP contribution in [0.4, 0.5) is 0 Å². The molecule has 1 atom stereocenters. The predicted octanol–water partition coefficient (Wildman–Crippen LogP) is 2.78. The Balaban J connectivity index is 2.16. The van der Waals surface area contributed by atoms with E-state index in [9.17, 15) is 0 Å². The first-order chi connectivity index (χ1) is 9.69. The SMILES string of the molecule is COc1ccc2nc(C(C)Cl)n(Cc3ccon3)c2n1. The average molecular weight is 293 g/mol. The molecule has 0 amide bonds. The maximum atomic E-state index is 6.21. The smallest absolute Gasteiger partial charge is 0.215 e. The van der Waals surface area contributed by atoms with E-state index in [0.29, 0.717) is 12.4 Å². The topological polar surface area (TPSA) is 66.0 Å². The number of nitrogens with zero attached hydrogens (tertiary/aromatic N) is 4. The van der Waals surface area contributed by atoms with E-state index < -0.39 is 0 Å². The van der Waals surface area contributed by atoms with E-state index in [1.54, 1.807) is 19.2 Å². The molecular formula is C13H13ClN4O2. The Labute approximate surface area is 120 Å². The van der Waals surface area contributed by atoms with Gasteiger partial charge in [0.1, 0.15) is 23.3 Å². The first kappa shape index (κ1) is 12.9. The molecule has 0 aliphatic rings. The lowest BCUT2D eigenvalue weighted by molar-refractivity contribution is 0.398. The lowest BCUT2D eigenvalue weighted by atomic mass is 10.4. The lowest BCUT2D eigenvalue weighted by Crippen LogP contribution is -2.07. The van der Waals surface area contributed by atoms with Gasteiger partial charge in [0, 0.05) is 12.1 Å². The molecule has 0 radical (unpaired) electrons. The first-order valence-corrected chi connectivity index (χ1v) is 6.57. The molecule has 0 spiro atoms. The summed E-state index contributed by atoms with van der Waals surface area (Å²) < 4.78 is 11.9. The summed E-state index contributed by atoms with van der Waals surface area (Å²) in [6, 6.07) is 5.44. The van der Waals surface area contributed by atoms with Gasteiger partial charge in [-0.1, -0.05) is 5.16 Å². The standard InChI is InChI=1S/C13H13ClN4O2/c1-8(14)12-15-10-3-4-11(19-2)16-13(10)18(12)7-9-5-6-20-17-9/h3-6,8H,7H2,1-2H3. The fraction of sp³-hybridized carbons (Fsp3) is 0.308. The summed E-state index contributed by atoms with van der Waals surface area (Å²) in [6.07, 6.45) is 1.53. The summed E-state index contributed by atoms with van der Waals surface area (Å²) in [7, 11) is 1.58. The van der Waals surface area contributed by atoms with Crippen molar-refractivity contribution in [2.45, 2.75) is 18.8 Å². The van der Waals surface area contributed by atoms with Crippen molar-refractivity contribution >= 4 is 22.8 Å². The van der Waals surface area contributed by atoms with Gasteiger partial charge < -0.3 is 13.8 Å². The number of alkyl halides is 1. The second-order valence-electron chi connectivity index (χ2n) is 4.36. The summed E-state index contributed by atoms with van der Waals surface area (Å²) in [6.45, 7) is 2.37. The van der Waals surface area contributed by atoms with Crippen molar-refractivity contribution in [3.05, 3.63) is 36.0 Å². The first-order valence-electron chi connectivity index (χ1n) is 6.13. The molecule has 3 aromatic heterocycles. The Morgan fingerprint density at radius 2 is 2.20 bits per heavy atom. The zero-order valence-corrected chi connectivity index (χ0v) is 11.8. The van der Waals surface area contributed by atoms with Gasteiger partial charge in [0.25, 0.3) is 0 Å². The van der Waals surface area contributed by atoms with Crippen molar-refractivity contribution in [3.8, 4) is 5.88 Å². The van der Waals surface area contributed by atoms with E-state index in [1.807, 2.05) is 17.6 Å². The van der Waals surface area contributed by atoms with Crippen LogP contribution < -0.4 is 4.74 Å². The van der Waals surface area contributed by atoms with E-state index in [-0.39, 0.29) is 5.38 Å². The van der Waals surface area contributed by atoms with E-state index in [1.165, 1.54) is 6.26 Å². The van der Waals surface area contributed by atoms with Crippen molar-refractivity contribution in [2.75, 3.05) is 7.11 Å². The molecule has 3 heterocycles. The van der Waals surface area contributed by atoms with E-state index in [0.717, 1.165) is 22.7 Å². The van der Waals surface area contributed by atoms with Crippen molar-refractivity contribution in [1.29, 1.82) is 0 Å². The highest BCUT2D eigenvalue weighted by molar-refractivity contribution is 6.20. The minimum Gasteiger partial charge on any atom is -0.481 e. The maximum absolute atomic E-state index is 6.21. The third-order valence-electron chi connectivity index (χ3n) is 2.97. The highest BCUT2D eigenvalue weighted by Gasteiger charge is 2.17. The van der Waals surface area contributed by atoms with Gasteiger partial charge in [-0.3, -0.25) is 0 Å². The van der Waals surface area contributed by atoms with Crippen LogP contribution in [0.5, 0.6) is 5.88 Å². The number of ether oxygens (including phenoxy) is 1. The van der Waals surface area contributed by atoms with Crippen LogP contribution in [-0.2, 0) is 6.54 Å². The van der Waals surface area contributed by atoms with Crippen molar-refractivity contribution in [1.82, 2.24) is 19.7 Å². The zero-order chi connectivity index (χ0) is 14.1. The summed E-state index contributed by atoms with van der Waals surface area (Å²) >= 11 is 6.21. The van der Waals surface area contributed by atoms with Crippen molar-refractivity contribution in [2.24, 2.45) is 0 Å². The molecule has 6 nitrogen and oxygen atoms in total. The van der Waals surface area contributed by atoms with E-state index >= 15 is 0 Å². The van der Waals surface area contributed by atoms with Gasteiger partial charge in [0.05, 0.1) is 19.0 Å². The largest absolute Gasteiger partial charge is 0.481 e. The Morgan fingerprint density at radius 1 is 1.35 bits per heavy atom. The molecule has 0 saturated heterocycles. The molecule has 0 saturated carbocycles. The number of aromatic nitrogens is 4. The van der Waals surface area contributed by atoms with Crippen LogP contribution in [0.15, 0.2) is 29.0 Å². The summed E-state index contributed by atoms with van der Waals surface area (Å²) in [4.78, 5) is 8.96. The highest BCUT2D eigenvalue weighted by Crippen LogP contribution is 2.25. The van der Waals surface area contributed by atoms with E-state index in [4.69, 9.17) is 20.9 Å². The fourth-order valence-electron chi connectivity index (χ4n) is 2.06. The molecule has 20 heavy (non-hydrogen) atoms. The molecule has 0 aromatic carbocycles. The van der Waals surface area contributed by atoms with Crippen LogP contribution in [-0.4, -0.2) is 26.8 Å². The molecule has 7 heteroatoms. The molecule has 3 aromatic rings. The molecule has 104 valence electrons. The lowest BCUT2D eigenvalue weighted by Gasteiger charge is -2.08. The number of fused-ring (bicyclic) bond motifs is 1. The minimum atomic E-state index is -0.234. The molecule has 0 bridgehead atoms. The number of methoxy groups -OCH3 is 1. The van der Waals surface area contributed by atoms with Gasteiger partial charge in [-0.2, -0.15) is 4.98 Å². The van der Waals surface area contributed by atoms with Crippen LogP contribution in [0.2, 0.25) is 0 Å². The third kappa shape index (κ3) is 2.22. The number of halogens is 1. The van der Waals surface area contributed by atoms with Crippen LogP contribution in [0, 0.1) is 0 Å². The second kappa shape index (κ2) is 5.13. The number of hydrogen-bond acceptors (Lipinski definition) is 5. The zero-order valence-electron chi connectivity index (χ0n) is 11.1. The number of pyridine rings is 1. The second-order valence-corrected chi connectivity index (χ2v) is 5.01. The van der Waals surface area contributed by atoms with Gasteiger partial charge in [-0.05, 0) is 13.0 Å². The molecular weight excluding hydrogens is 280 g/mol. The quantitative estimate of drug-likeness (QED) is 0.692. The molecule has 0 aliphatic heterocycles. The Kier molecular flexibility index (Phi) is 3.31. The van der Waals surface area contributed by atoms with Crippen molar-refractivity contribution < 1.29 is 9.26 Å². The minimum absolute atomic E-state index is 0.234. The van der Waals surface area contributed by atoms with Gasteiger partial charge in [-0.15, -0.1) is 11.6 Å². The Morgan fingerprint density at radius 3 is 2.85 bits per heavy atom. The van der Waals surface area contributed by atoms with Gasteiger partial charge >= 0.3 is 0 Å². The summed E-state index contributed by atoms with van der Waals surface area (Å²) in [5, 5.41) is 3.68. The van der Waals surface area contributed by atoms with Crippen LogP contribution in [0.25, 0.3) is 11.2 Å². The molecule has 3 rings (SSSR count).